The van der Waals surface area contributed by atoms with E-state index in [-0.39, 0.29) is 5.92 Å². The van der Waals surface area contributed by atoms with E-state index in [1.54, 1.807) is 11.3 Å². The van der Waals surface area contributed by atoms with Crippen molar-refractivity contribution in [1.82, 2.24) is 14.4 Å². The van der Waals surface area contributed by atoms with Crippen LogP contribution in [0.2, 0.25) is 0 Å². The number of para-hydroxylation sites is 1. The van der Waals surface area contributed by atoms with Gasteiger partial charge in [0.15, 0.2) is 3.95 Å². The fourth-order valence-corrected chi connectivity index (χ4v) is 5.53. The Morgan fingerprint density at radius 1 is 1.04 bits per heavy atom. The van der Waals surface area contributed by atoms with Gasteiger partial charge in [0, 0.05) is 32.1 Å². The average molecular weight is 390 g/mol. The van der Waals surface area contributed by atoms with Gasteiger partial charge in [-0.25, -0.2) is 0 Å². The third-order valence-corrected chi connectivity index (χ3v) is 7.20. The summed E-state index contributed by atoms with van der Waals surface area (Å²) in [6, 6.07) is 8.43. The van der Waals surface area contributed by atoms with Gasteiger partial charge in [0.2, 0.25) is 5.91 Å². The Balaban J connectivity index is 1.37. The van der Waals surface area contributed by atoms with Crippen molar-refractivity contribution in [2.45, 2.75) is 45.2 Å². The monoisotopic (exact) mass is 389 g/mol. The van der Waals surface area contributed by atoms with E-state index in [1.165, 1.54) is 35.9 Å². The molecule has 2 saturated heterocycles. The zero-order valence-corrected chi connectivity index (χ0v) is 16.9. The molecule has 0 radical (unpaired) electrons. The van der Waals surface area contributed by atoms with Gasteiger partial charge in [0.25, 0.3) is 0 Å². The second kappa shape index (κ2) is 8.19. The summed E-state index contributed by atoms with van der Waals surface area (Å²) in [5, 5.41) is 0. The van der Waals surface area contributed by atoms with Gasteiger partial charge in [-0.1, -0.05) is 25.0 Å². The quantitative estimate of drug-likeness (QED) is 0.724. The highest BCUT2D eigenvalue weighted by atomic mass is 32.1. The summed E-state index contributed by atoms with van der Waals surface area (Å²) in [5.41, 5.74) is 1.23. The molecule has 0 spiro atoms. The van der Waals surface area contributed by atoms with Gasteiger partial charge in [-0.3, -0.25) is 9.69 Å². The van der Waals surface area contributed by atoms with Crippen LogP contribution >= 0.6 is 23.6 Å². The first-order valence-electron chi connectivity index (χ1n) is 9.82. The maximum atomic E-state index is 12.8. The zero-order chi connectivity index (χ0) is 17.9. The highest BCUT2D eigenvalue weighted by Gasteiger charge is 2.29. The number of likely N-dealkylation sites (tertiary alicyclic amines) is 2. The lowest BCUT2D eigenvalue weighted by Gasteiger charge is -2.34. The number of carbonyl (C=O) groups excluding carboxylic acids is 1. The molecule has 3 heterocycles. The first kappa shape index (κ1) is 18.1. The highest BCUT2D eigenvalue weighted by Crippen LogP contribution is 2.26. The van der Waals surface area contributed by atoms with Crippen LogP contribution in [0.5, 0.6) is 0 Å². The Kier molecular flexibility index (Phi) is 5.72. The molecule has 6 heteroatoms. The van der Waals surface area contributed by atoms with E-state index < -0.39 is 0 Å². The summed E-state index contributed by atoms with van der Waals surface area (Å²) in [6.07, 6.45) is 6.85. The third kappa shape index (κ3) is 3.87. The number of amides is 1. The first-order chi connectivity index (χ1) is 12.7. The second-order valence-corrected chi connectivity index (χ2v) is 9.21. The van der Waals surface area contributed by atoms with E-state index in [9.17, 15) is 4.79 Å². The van der Waals surface area contributed by atoms with Gasteiger partial charge in [-0.2, -0.15) is 0 Å². The van der Waals surface area contributed by atoms with Crippen molar-refractivity contribution in [3.05, 3.63) is 28.2 Å². The fourth-order valence-electron chi connectivity index (χ4n) is 4.22. The molecule has 0 N–H and O–H groups in total. The first-order valence-corrected chi connectivity index (χ1v) is 11.0. The molecular formula is C20H27N3OS2. The number of hydrogen-bond acceptors (Lipinski definition) is 4. The maximum Gasteiger partial charge on any atom is 0.225 e. The maximum absolute atomic E-state index is 12.8. The Bertz CT molecular complexity index is 812. The smallest absolute Gasteiger partial charge is 0.225 e. The number of benzene rings is 1. The number of hydrogen-bond donors (Lipinski definition) is 0. The molecule has 2 aliphatic rings. The van der Waals surface area contributed by atoms with E-state index in [0.29, 0.717) is 5.91 Å². The van der Waals surface area contributed by atoms with Crippen molar-refractivity contribution in [1.29, 1.82) is 0 Å². The average Bonchev–Trinajstić information content (AvgIpc) is 2.84. The Morgan fingerprint density at radius 3 is 2.46 bits per heavy atom. The van der Waals surface area contributed by atoms with Crippen LogP contribution in [0.3, 0.4) is 0 Å². The molecule has 4 rings (SSSR count). The lowest BCUT2D eigenvalue weighted by Crippen LogP contribution is -2.43. The molecule has 4 nitrogen and oxygen atoms in total. The molecule has 1 amide bonds. The number of carbonyl (C=O) groups is 1. The van der Waals surface area contributed by atoms with E-state index in [4.69, 9.17) is 12.2 Å². The lowest BCUT2D eigenvalue weighted by atomic mass is 9.95. The van der Waals surface area contributed by atoms with Crippen molar-refractivity contribution in [2.75, 3.05) is 26.2 Å². The molecule has 26 heavy (non-hydrogen) atoms. The molecule has 0 bridgehead atoms. The molecular weight excluding hydrogens is 362 g/mol. The topological polar surface area (TPSA) is 28.5 Å². The number of piperidine rings is 1. The summed E-state index contributed by atoms with van der Waals surface area (Å²) >= 11 is 7.26. The number of aromatic nitrogens is 1. The van der Waals surface area contributed by atoms with Crippen LogP contribution in [-0.4, -0.2) is 46.5 Å². The minimum absolute atomic E-state index is 0.219. The normalized spacial score (nSPS) is 20.4. The lowest BCUT2D eigenvalue weighted by molar-refractivity contribution is -0.137. The van der Waals surface area contributed by atoms with E-state index in [2.05, 4.69) is 38.6 Å². The molecule has 2 fully saturated rings. The highest BCUT2D eigenvalue weighted by molar-refractivity contribution is 7.73. The number of rotatable bonds is 3. The summed E-state index contributed by atoms with van der Waals surface area (Å²) in [6.45, 7) is 4.74. The van der Waals surface area contributed by atoms with Gasteiger partial charge < -0.3 is 9.47 Å². The molecule has 0 unspecified atom stereocenters. The molecule has 1 aromatic heterocycles. The number of fused-ring (bicyclic) bond motifs is 1. The minimum atomic E-state index is 0.219. The molecule has 0 atom stereocenters. The van der Waals surface area contributed by atoms with Crippen molar-refractivity contribution in [3.63, 3.8) is 0 Å². The van der Waals surface area contributed by atoms with Crippen molar-refractivity contribution in [2.24, 2.45) is 5.92 Å². The predicted octanol–water partition coefficient (Wildman–Crippen LogP) is 4.50. The summed E-state index contributed by atoms with van der Waals surface area (Å²) in [5.74, 6) is 0.626. The van der Waals surface area contributed by atoms with E-state index in [0.717, 1.165) is 49.6 Å². The molecule has 0 aliphatic carbocycles. The van der Waals surface area contributed by atoms with Crippen LogP contribution in [0.25, 0.3) is 10.2 Å². The van der Waals surface area contributed by atoms with Crippen LogP contribution in [0, 0.1) is 9.87 Å². The van der Waals surface area contributed by atoms with E-state index >= 15 is 0 Å². The van der Waals surface area contributed by atoms with Gasteiger partial charge in [0.1, 0.15) is 0 Å². The number of nitrogens with zero attached hydrogens (tertiary/aromatic N) is 3. The van der Waals surface area contributed by atoms with Crippen LogP contribution in [0.1, 0.15) is 38.5 Å². The fraction of sp³-hybridized carbons (Fsp3) is 0.600. The zero-order valence-electron chi connectivity index (χ0n) is 15.2. The molecule has 1 aromatic carbocycles. The van der Waals surface area contributed by atoms with Gasteiger partial charge in [0.05, 0.1) is 16.9 Å². The van der Waals surface area contributed by atoms with Crippen LogP contribution in [0.4, 0.5) is 0 Å². The minimum Gasteiger partial charge on any atom is -0.342 e. The predicted molar refractivity (Wildman–Crippen MR) is 110 cm³/mol. The summed E-state index contributed by atoms with van der Waals surface area (Å²) in [7, 11) is 0. The summed E-state index contributed by atoms with van der Waals surface area (Å²) in [4.78, 5) is 17.4. The van der Waals surface area contributed by atoms with Crippen molar-refractivity contribution >= 4 is 39.7 Å². The van der Waals surface area contributed by atoms with Gasteiger partial charge >= 0.3 is 0 Å². The Morgan fingerprint density at radius 2 is 1.73 bits per heavy atom. The molecule has 0 saturated carbocycles. The number of thiazole rings is 1. The van der Waals surface area contributed by atoms with Gasteiger partial charge in [-0.15, -0.1) is 11.3 Å². The molecule has 2 aliphatic heterocycles. The largest absolute Gasteiger partial charge is 0.342 e. The van der Waals surface area contributed by atoms with Crippen LogP contribution < -0.4 is 0 Å². The summed E-state index contributed by atoms with van der Waals surface area (Å²) < 4.78 is 4.43. The van der Waals surface area contributed by atoms with Crippen molar-refractivity contribution in [3.8, 4) is 0 Å². The standard InChI is InChI=1S/C20H27N3OS2/c24-19(22-11-5-1-2-6-12-22)16-9-13-21(14-10-16)15-23-17-7-3-4-8-18(17)26-20(23)25/h3-4,7-8,16H,1-2,5-6,9-15H2. The Hall–Kier alpha value is -1.24. The van der Waals surface area contributed by atoms with Gasteiger partial charge in [-0.05, 0) is 50.0 Å². The molecule has 2 aromatic rings. The van der Waals surface area contributed by atoms with Crippen LogP contribution in [0.15, 0.2) is 24.3 Å². The third-order valence-electron chi connectivity index (χ3n) is 5.77. The van der Waals surface area contributed by atoms with E-state index in [1.807, 2.05) is 0 Å². The second-order valence-electron chi connectivity index (χ2n) is 7.54. The molecule has 140 valence electrons. The Labute approximate surface area is 164 Å². The SMILES string of the molecule is O=C(C1CCN(Cn2c(=S)sc3ccccc32)CC1)N1CCCCCC1. The van der Waals surface area contributed by atoms with Crippen molar-refractivity contribution < 1.29 is 4.79 Å². The van der Waals surface area contributed by atoms with Crippen LogP contribution in [-0.2, 0) is 11.5 Å².